The molecule has 2 aromatic rings. The Balaban J connectivity index is 2.55. The lowest BCUT2D eigenvalue weighted by Gasteiger charge is -2.21. The second-order valence-corrected chi connectivity index (χ2v) is 4.66. The molecule has 0 spiro atoms. The molecule has 0 aliphatic carbocycles. The zero-order chi connectivity index (χ0) is 14.5. The first-order valence-electron chi connectivity index (χ1n) is 6.13. The summed E-state index contributed by atoms with van der Waals surface area (Å²) in [6, 6.07) is 12.8. The molecule has 1 unspecified atom stereocenters. The number of para-hydroxylation sites is 1. The molecule has 0 fully saturated rings. The van der Waals surface area contributed by atoms with E-state index in [1.54, 1.807) is 20.3 Å². The number of methoxy groups -OCH3 is 2. The minimum absolute atomic E-state index is 0.278. The van der Waals surface area contributed by atoms with Crippen LogP contribution in [0.4, 0.5) is 0 Å². The normalized spacial score (nSPS) is 12.0. The average molecular weight is 293 g/mol. The van der Waals surface area contributed by atoms with Crippen molar-refractivity contribution in [2.75, 3.05) is 14.2 Å². The van der Waals surface area contributed by atoms with Crippen molar-refractivity contribution in [1.82, 2.24) is 5.43 Å². The van der Waals surface area contributed by atoms with E-state index in [0.717, 1.165) is 16.9 Å². The van der Waals surface area contributed by atoms with Crippen LogP contribution >= 0.6 is 11.6 Å². The molecule has 2 rings (SSSR count). The van der Waals surface area contributed by atoms with Crippen LogP contribution in [0.5, 0.6) is 11.5 Å². The van der Waals surface area contributed by atoms with Crippen LogP contribution in [0, 0.1) is 0 Å². The fraction of sp³-hybridized carbons (Fsp3) is 0.200. The van der Waals surface area contributed by atoms with Crippen molar-refractivity contribution in [3.63, 3.8) is 0 Å². The number of hydrazine groups is 1. The van der Waals surface area contributed by atoms with Crippen LogP contribution < -0.4 is 20.7 Å². The number of halogens is 1. The van der Waals surface area contributed by atoms with Gasteiger partial charge in [-0.15, -0.1) is 0 Å². The molecule has 0 radical (unpaired) electrons. The van der Waals surface area contributed by atoms with Gasteiger partial charge in [0, 0.05) is 16.1 Å². The van der Waals surface area contributed by atoms with Crippen LogP contribution in [0.3, 0.4) is 0 Å². The monoisotopic (exact) mass is 292 g/mol. The number of nitrogens with one attached hydrogen (secondary N) is 1. The van der Waals surface area contributed by atoms with Crippen molar-refractivity contribution in [2.45, 2.75) is 6.04 Å². The van der Waals surface area contributed by atoms with E-state index in [1.807, 2.05) is 36.4 Å². The maximum Gasteiger partial charge on any atom is 0.124 e. The molecule has 1 atom stereocenters. The zero-order valence-corrected chi connectivity index (χ0v) is 12.1. The standard InChI is InChI=1S/C15H17ClN2O2/c1-19-13-6-4-3-5-11(13)15(18-17)12-9-10(16)7-8-14(12)20-2/h3-9,15,18H,17H2,1-2H3. The number of ether oxygens (including phenoxy) is 2. The Morgan fingerprint density at radius 3 is 2.30 bits per heavy atom. The third-order valence-electron chi connectivity index (χ3n) is 3.12. The van der Waals surface area contributed by atoms with E-state index in [9.17, 15) is 0 Å². The molecule has 0 saturated heterocycles. The van der Waals surface area contributed by atoms with E-state index in [4.69, 9.17) is 26.9 Å². The summed E-state index contributed by atoms with van der Waals surface area (Å²) in [7, 11) is 3.24. The van der Waals surface area contributed by atoms with Gasteiger partial charge in [0.25, 0.3) is 0 Å². The molecule has 5 heteroatoms. The molecule has 3 N–H and O–H groups in total. The highest BCUT2D eigenvalue weighted by Gasteiger charge is 2.20. The van der Waals surface area contributed by atoms with Crippen LogP contribution in [-0.2, 0) is 0 Å². The Morgan fingerprint density at radius 1 is 1.00 bits per heavy atom. The highest BCUT2D eigenvalue weighted by molar-refractivity contribution is 6.30. The highest BCUT2D eigenvalue weighted by Crippen LogP contribution is 2.35. The predicted molar refractivity (Wildman–Crippen MR) is 80.2 cm³/mol. The van der Waals surface area contributed by atoms with E-state index in [2.05, 4.69) is 5.43 Å². The number of hydrogen-bond acceptors (Lipinski definition) is 4. The van der Waals surface area contributed by atoms with Crippen molar-refractivity contribution in [2.24, 2.45) is 5.84 Å². The molecule has 0 amide bonds. The molecule has 0 aromatic heterocycles. The van der Waals surface area contributed by atoms with Gasteiger partial charge in [-0.2, -0.15) is 0 Å². The minimum Gasteiger partial charge on any atom is -0.496 e. The van der Waals surface area contributed by atoms with Gasteiger partial charge >= 0.3 is 0 Å². The first-order valence-corrected chi connectivity index (χ1v) is 6.51. The summed E-state index contributed by atoms with van der Waals surface area (Å²) >= 11 is 6.08. The van der Waals surface area contributed by atoms with Crippen LogP contribution in [0.25, 0.3) is 0 Å². The first-order chi connectivity index (χ1) is 9.71. The summed E-state index contributed by atoms with van der Waals surface area (Å²) in [5, 5.41) is 0.621. The van der Waals surface area contributed by atoms with Crippen molar-refractivity contribution in [3.05, 3.63) is 58.6 Å². The lowest BCUT2D eigenvalue weighted by molar-refractivity contribution is 0.394. The Hall–Kier alpha value is -1.75. The third-order valence-corrected chi connectivity index (χ3v) is 3.35. The minimum atomic E-state index is -0.278. The van der Waals surface area contributed by atoms with Crippen LogP contribution in [0.1, 0.15) is 17.2 Å². The Labute approximate surface area is 123 Å². The van der Waals surface area contributed by atoms with Gasteiger partial charge in [-0.05, 0) is 24.3 Å². The summed E-state index contributed by atoms with van der Waals surface area (Å²) in [6.45, 7) is 0. The first kappa shape index (κ1) is 14.7. The SMILES string of the molecule is COc1ccccc1C(NN)c1cc(Cl)ccc1OC. The Bertz CT molecular complexity index is 590. The molecule has 0 heterocycles. The van der Waals surface area contributed by atoms with Gasteiger partial charge in [-0.1, -0.05) is 29.8 Å². The number of hydrogen-bond donors (Lipinski definition) is 2. The molecular formula is C15H17ClN2O2. The second-order valence-electron chi connectivity index (χ2n) is 4.23. The lowest BCUT2D eigenvalue weighted by atomic mass is 9.97. The zero-order valence-electron chi connectivity index (χ0n) is 11.4. The van der Waals surface area contributed by atoms with E-state index in [-0.39, 0.29) is 6.04 Å². The van der Waals surface area contributed by atoms with Gasteiger partial charge < -0.3 is 9.47 Å². The summed E-state index contributed by atoms with van der Waals surface area (Å²) in [6.07, 6.45) is 0. The predicted octanol–water partition coefficient (Wildman–Crippen LogP) is 2.91. The average Bonchev–Trinajstić information content (AvgIpc) is 2.49. The van der Waals surface area contributed by atoms with Gasteiger partial charge in [-0.25, -0.2) is 5.43 Å². The van der Waals surface area contributed by atoms with Crippen molar-refractivity contribution >= 4 is 11.6 Å². The van der Waals surface area contributed by atoms with Gasteiger partial charge in [-0.3, -0.25) is 5.84 Å². The summed E-state index contributed by atoms with van der Waals surface area (Å²) in [5.41, 5.74) is 4.56. The highest BCUT2D eigenvalue weighted by atomic mass is 35.5. The van der Waals surface area contributed by atoms with Gasteiger partial charge in [0.1, 0.15) is 11.5 Å². The second kappa shape index (κ2) is 6.61. The van der Waals surface area contributed by atoms with E-state index >= 15 is 0 Å². The van der Waals surface area contributed by atoms with Gasteiger partial charge in [0.15, 0.2) is 0 Å². The van der Waals surface area contributed by atoms with E-state index < -0.39 is 0 Å². The number of rotatable bonds is 5. The Morgan fingerprint density at radius 2 is 1.65 bits per heavy atom. The molecule has 0 saturated carbocycles. The van der Waals surface area contributed by atoms with E-state index in [1.165, 1.54) is 0 Å². The molecule has 0 aliphatic rings. The summed E-state index contributed by atoms with van der Waals surface area (Å²) < 4.78 is 10.8. The van der Waals surface area contributed by atoms with Gasteiger partial charge in [0.05, 0.1) is 20.3 Å². The fourth-order valence-electron chi connectivity index (χ4n) is 2.18. The van der Waals surface area contributed by atoms with Gasteiger partial charge in [0.2, 0.25) is 0 Å². The lowest BCUT2D eigenvalue weighted by Crippen LogP contribution is -2.29. The smallest absolute Gasteiger partial charge is 0.124 e. The molecule has 2 aromatic carbocycles. The third kappa shape index (κ3) is 2.88. The van der Waals surface area contributed by atoms with Crippen molar-refractivity contribution in [1.29, 1.82) is 0 Å². The molecule has 0 aliphatic heterocycles. The molecule has 4 nitrogen and oxygen atoms in total. The maximum atomic E-state index is 6.08. The summed E-state index contributed by atoms with van der Waals surface area (Å²) in [4.78, 5) is 0. The Kier molecular flexibility index (Phi) is 4.84. The molecule has 106 valence electrons. The maximum absolute atomic E-state index is 6.08. The van der Waals surface area contributed by atoms with Crippen LogP contribution in [-0.4, -0.2) is 14.2 Å². The van der Waals surface area contributed by atoms with Crippen molar-refractivity contribution < 1.29 is 9.47 Å². The van der Waals surface area contributed by atoms with E-state index in [0.29, 0.717) is 10.8 Å². The van der Waals surface area contributed by atoms with Crippen molar-refractivity contribution in [3.8, 4) is 11.5 Å². The molecular weight excluding hydrogens is 276 g/mol. The molecule has 20 heavy (non-hydrogen) atoms. The fourth-order valence-corrected chi connectivity index (χ4v) is 2.36. The quantitative estimate of drug-likeness (QED) is 0.657. The molecule has 0 bridgehead atoms. The van der Waals surface area contributed by atoms with Crippen LogP contribution in [0.2, 0.25) is 5.02 Å². The number of benzene rings is 2. The number of nitrogens with two attached hydrogens (primary N) is 1. The van der Waals surface area contributed by atoms with Crippen LogP contribution in [0.15, 0.2) is 42.5 Å². The summed E-state index contributed by atoms with van der Waals surface area (Å²) in [5.74, 6) is 7.19. The largest absolute Gasteiger partial charge is 0.496 e. The topological polar surface area (TPSA) is 56.5 Å².